The first-order valence-electron chi connectivity index (χ1n) is 9.62. The van der Waals surface area contributed by atoms with Gasteiger partial charge in [-0.3, -0.25) is 9.89 Å². The third kappa shape index (κ3) is 5.85. The average molecular weight is 345 g/mol. The van der Waals surface area contributed by atoms with Gasteiger partial charge in [-0.05, 0) is 25.3 Å². The van der Waals surface area contributed by atoms with Crippen molar-refractivity contribution in [2.24, 2.45) is 10.7 Å². The molecule has 7 nitrogen and oxygen atoms in total. The van der Waals surface area contributed by atoms with Crippen LogP contribution in [0.3, 0.4) is 0 Å². The van der Waals surface area contributed by atoms with Crippen LogP contribution in [0, 0.1) is 0 Å². The molecule has 2 aliphatic rings. The Labute approximate surface area is 150 Å². The maximum absolute atomic E-state index is 6.01. The Morgan fingerprint density at radius 1 is 1.12 bits per heavy atom. The highest BCUT2D eigenvalue weighted by Crippen LogP contribution is 2.17. The highest BCUT2D eigenvalue weighted by atomic mass is 15.3. The zero-order valence-corrected chi connectivity index (χ0v) is 15.1. The summed E-state index contributed by atoms with van der Waals surface area (Å²) in [5, 5.41) is 3.37. The van der Waals surface area contributed by atoms with E-state index in [-0.39, 0.29) is 0 Å². The summed E-state index contributed by atoms with van der Waals surface area (Å²) in [6, 6.07) is 2.39. The first-order valence-corrected chi connectivity index (χ1v) is 9.62. The maximum Gasteiger partial charge on any atom is 0.225 e. The predicted octanol–water partition coefficient (Wildman–Crippen LogP) is 1.23. The van der Waals surface area contributed by atoms with Crippen LogP contribution >= 0.6 is 0 Å². The molecular formula is C18H31N7. The number of nitrogens with two attached hydrogens (primary N) is 1. The first-order chi connectivity index (χ1) is 12.3. The molecule has 0 unspecified atom stereocenters. The number of hydrogen-bond acceptors (Lipinski definition) is 5. The van der Waals surface area contributed by atoms with E-state index in [1.54, 1.807) is 12.4 Å². The number of rotatable bonds is 6. The molecule has 0 bridgehead atoms. The molecule has 1 saturated heterocycles. The van der Waals surface area contributed by atoms with Gasteiger partial charge in [-0.1, -0.05) is 19.3 Å². The molecule has 3 N–H and O–H groups in total. The summed E-state index contributed by atoms with van der Waals surface area (Å²) in [6.07, 6.45) is 11.1. The molecule has 2 heterocycles. The molecule has 0 spiro atoms. The third-order valence-corrected chi connectivity index (χ3v) is 5.08. The second-order valence-electron chi connectivity index (χ2n) is 6.98. The van der Waals surface area contributed by atoms with E-state index in [0.29, 0.717) is 12.0 Å². The van der Waals surface area contributed by atoms with Crippen LogP contribution in [0.15, 0.2) is 23.5 Å². The lowest BCUT2D eigenvalue weighted by molar-refractivity contribution is 0.255. The zero-order valence-electron chi connectivity index (χ0n) is 15.1. The molecule has 1 saturated carbocycles. The molecule has 1 aliphatic carbocycles. The van der Waals surface area contributed by atoms with Crippen LogP contribution in [-0.4, -0.2) is 66.1 Å². The molecule has 2 fully saturated rings. The summed E-state index contributed by atoms with van der Waals surface area (Å²) in [5.41, 5.74) is 6.01. The topological polar surface area (TPSA) is 82.7 Å². The molecule has 3 rings (SSSR count). The van der Waals surface area contributed by atoms with Crippen LogP contribution in [-0.2, 0) is 0 Å². The fraction of sp³-hybridized carbons (Fsp3) is 0.722. The SMILES string of the molecule is NC(=NCCCN1CCN(c2ncccn2)CC1)NC1CCCCC1. The lowest BCUT2D eigenvalue weighted by Crippen LogP contribution is -2.47. The van der Waals surface area contributed by atoms with Crippen LogP contribution in [0.1, 0.15) is 38.5 Å². The van der Waals surface area contributed by atoms with Crippen molar-refractivity contribution in [1.29, 1.82) is 0 Å². The van der Waals surface area contributed by atoms with Gasteiger partial charge in [-0.2, -0.15) is 0 Å². The fourth-order valence-electron chi connectivity index (χ4n) is 3.62. The van der Waals surface area contributed by atoms with Gasteiger partial charge in [-0.15, -0.1) is 0 Å². The quantitative estimate of drug-likeness (QED) is 0.458. The third-order valence-electron chi connectivity index (χ3n) is 5.08. The smallest absolute Gasteiger partial charge is 0.225 e. The van der Waals surface area contributed by atoms with E-state index in [9.17, 15) is 0 Å². The minimum atomic E-state index is 0.533. The van der Waals surface area contributed by atoms with Gasteiger partial charge < -0.3 is 16.0 Å². The number of aromatic nitrogens is 2. The highest BCUT2D eigenvalue weighted by Gasteiger charge is 2.18. The van der Waals surface area contributed by atoms with Crippen LogP contribution in [0.5, 0.6) is 0 Å². The van der Waals surface area contributed by atoms with Crippen LogP contribution in [0.2, 0.25) is 0 Å². The van der Waals surface area contributed by atoms with Crippen LogP contribution < -0.4 is 16.0 Å². The molecule has 1 aromatic rings. The van der Waals surface area contributed by atoms with E-state index >= 15 is 0 Å². The molecule has 0 radical (unpaired) electrons. The van der Waals surface area contributed by atoms with Crippen molar-refractivity contribution in [2.45, 2.75) is 44.6 Å². The summed E-state index contributed by atoms with van der Waals surface area (Å²) in [6.45, 7) is 5.95. The summed E-state index contributed by atoms with van der Waals surface area (Å²) in [4.78, 5) is 17.9. The van der Waals surface area contributed by atoms with E-state index in [1.165, 1.54) is 32.1 Å². The van der Waals surface area contributed by atoms with E-state index in [2.05, 4.69) is 30.1 Å². The van der Waals surface area contributed by atoms with Gasteiger partial charge in [0.1, 0.15) is 0 Å². The zero-order chi connectivity index (χ0) is 17.3. The largest absolute Gasteiger partial charge is 0.370 e. The molecule has 7 heteroatoms. The summed E-state index contributed by atoms with van der Waals surface area (Å²) in [5.74, 6) is 1.46. The molecular weight excluding hydrogens is 314 g/mol. The second-order valence-corrected chi connectivity index (χ2v) is 6.98. The molecule has 0 atom stereocenters. The van der Waals surface area contributed by atoms with Crippen molar-refractivity contribution in [3.63, 3.8) is 0 Å². The molecule has 0 amide bonds. The highest BCUT2D eigenvalue weighted by molar-refractivity contribution is 5.78. The van der Waals surface area contributed by atoms with Crippen molar-refractivity contribution >= 4 is 11.9 Å². The standard InChI is InChI=1S/C18H31N7/c19-17(23-16-6-2-1-3-7-16)20-10-5-11-24-12-14-25(15-13-24)18-21-8-4-9-22-18/h4,8-9,16H,1-3,5-7,10-15H2,(H3,19,20,23). The second kappa shape index (κ2) is 9.56. The lowest BCUT2D eigenvalue weighted by atomic mass is 9.96. The monoisotopic (exact) mass is 345 g/mol. The maximum atomic E-state index is 6.01. The Hall–Kier alpha value is -1.89. The molecule has 1 aliphatic heterocycles. The molecule has 1 aromatic heterocycles. The number of nitrogens with zero attached hydrogens (tertiary/aromatic N) is 5. The number of aliphatic imine (C=N–C) groups is 1. The minimum absolute atomic E-state index is 0.533. The fourth-order valence-corrected chi connectivity index (χ4v) is 3.62. The van der Waals surface area contributed by atoms with Crippen LogP contribution in [0.4, 0.5) is 5.95 Å². The number of piperazine rings is 1. The number of guanidine groups is 1. The molecule has 25 heavy (non-hydrogen) atoms. The Morgan fingerprint density at radius 3 is 2.56 bits per heavy atom. The lowest BCUT2D eigenvalue weighted by Gasteiger charge is -2.34. The molecule has 0 aromatic carbocycles. The van der Waals surface area contributed by atoms with E-state index < -0.39 is 0 Å². The van der Waals surface area contributed by atoms with Gasteiger partial charge in [0.05, 0.1) is 0 Å². The number of nitrogens with one attached hydrogen (secondary N) is 1. The van der Waals surface area contributed by atoms with Gasteiger partial charge in [-0.25, -0.2) is 9.97 Å². The van der Waals surface area contributed by atoms with Gasteiger partial charge in [0.15, 0.2) is 5.96 Å². The minimum Gasteiger partial charge on any atom is -0.370 e. The Balaban J connectivity index is 1.30. The van der Waals surface area contributed by atoms with E-state index in [4.69, 9.17) is 5.73 Å². The van der Waals surface area contributed by atoms with Gasteiger partial charge >= 0.3 is 0 Å². The van der Waals surface area contributed by atoms with Crippen LogP contribution in [0.25, 0.3) is 0 Å². The van der Waals surface area contributed by atoms with Crippen molar-refractivity contribution in [1.82, 2.24) is 20.2 Å². The van der Waals surface area contributed by atoms with Gasteiger partial charge in [0.25, 0.3) is 0 Å². The van der Waals surface area contributed by atoms with Gasteiger partial charge in [0.2, 0.25) is 5.95 Å². The van der Waals surface area contributed by atoms with Crippen molar-refractivity contribution in [3.8, 4) is 0 Å². The van der Waals surface area contributed by atoms with E-state index in [1.807, 2.05) is 6.07 Å². The summed E-state index contributed by atoms with van der Waals surface area (Å²) < 4.78 is 0. The van der Waals surface area contributed by atoms with Crippen molar-refractivity contribution in [2.75, 3.05) is 44.2 Å². The Bertz CT molecular complexity index is 519. The predicted molar refractivity (Wildman–Crippen MR) is 102 cm³/mol. The summed E-state index contributed by atoms with van der Waals surface area (Å²) >= 11 is 0. The number of anilines is 1. The number of hydrogen-bond donors (Lipinski definition) is 2. The van der Waals surface area contributed by atoms with Gasteiger partial charge in [0, 0.05) is 57.7 Å². The first kappa shape index (κ1) is 17.9. The summed E-state index contributed by atoms with van der Waals surface area (Å²) in [7, 11) is 0. The normalized spacial score (nSPS) is 20.6. The molecule has 138 valence electrons. The van der Waals surface area contributed by atoms with Crippen molar-refractivity contribution < 1.29 is 0 Å². The van der Waals surface area contributed by atoms with Crippen molar-refractivity contribution in [3.05, 3.63) is 18.5 Å². The average Bonchev–Trinajstić information content (AvgIpc) is 2.67. The Kier molecular flexibility index (Phi) is 6.85. The Morgan fingerprint density at radius 2 is 1.84 bits per heavy atom. The van der Waals surface area contributed by atoms with E-state index in [0.717, 1.165) is 51.6 Å².